The molecule has 1 aromatic carbocycles. The number of aliphatic imine (C=N–C) groups is 1. The van der Waals surface area contributed by atoms with Crippen molar-refractivity contribution in [2.75, 3.05) is 26.2 Å². The number of furan rings is 1. The van der Waals surface area contributed by atoms with Crippen molar-refractivity contribution in [2.45, 2.75) is 32.4 Å². The summed E-state index contributed by atoms with van der Waals surface area (Å²) < 4.78 is 5.68. The van der Waals surface area contributed by atoms with E-state index in [1.54, 1.807) is 18.4 Å². The normalized spacial score (nSPS) is 15.6. The summed E-state index contributed by atoms with van der Waals surface area (Å²) in [6.45, 7) is 6.24. The van der Waals surface area contributed by atoms with Crippen molar-refractivity contribution < 1.29 is 9.21 Å². The van der Waals surface area contributed by atoms with E-state index in [4.69, 9.17) is 10.2 Å². The van der Waals surface area contributed by atoms with Crippen molar-refractivity contribution >= 4 is 35.8 Å². The van der Waals surface area contributed by atoms with Crippen LogP contribution in [0.1, 0.15) is 47.5 Å². The maximum atomic E-state index is 11.2. The molecule has 0 saturated carbocycles. The zero-order chi connectivity index (χ0) is 19.8. The third-order valence-electron chi connectivity index (χ3n) is 4.92. The number of likely N-dealkylation sites (tertiary alicyclic amines) is 1. The number of guanidine groups is 1. The Bertz CT molecular complexity index is 771. The number of nitrogens with zero attached hydrogens (tertiary/aromatic N) is 2. The van der Waals surface area contributed by atoms with Gasteiger partial charge in [0.1, 0.15) is 5.76 Å². The molecule has 7 nitrogen and oxygen atoms in total. The van der Waals surface area contributed by atoms with Crippen LogP contribution in [0.4, 0.5) is 0 Å². The van der Waals surface area contributed by atoms with Crippen molar-refractivity contribution in [3.8, 4) is 0 Å². The van der Waals surface area contributed by atoms with Crippen LogP contribution in [0.3, 0.4) is 0 Å². The number of carbonyl (C=O) groups excluding carboxylic acids is 1. The number of nitrogens with one attached hydrogen (secondary N) is 2. The topological polar surface area (TPSA) is 95.9 Å². The largest absolute Gasteiger partial charge is 0.468 e. The molecule has 1 aliphatic heterocycles. The van der Waals surface area contributed by atoms with Gasteiger partial charge in [0.25, 0.3) is 0 Å². The van der Waals surface area contributed by atoms with Crippen LogP contribution in [-0.2, 0) is 6.54 Å². The van der Waals surface area contributed by atoms with E-state index in [1.165, 1.54) is 12.8 Å². The average Bonchev–Trinajstić information content (AvgIpc) is 3.41. The molecule has 1 saturated heterocycles. The predicted octanol–water partition coefficient (Wildman–Crippen LogP) is 2.89. The van der Waals surface area contributed by atoms with E-state index in [1.807, 2.05) is 31.2 Å². The van der Waals surface area contributed by atoms with Crippen LogP contribution < -0.4 is 16.4 Å². The predicted molar refractivity (Wildman–Crippen MR) is 125 cm³/mol. The number of halogens is 1. The summed E-state index contributed by atoms with van der Waals surface area (Å²) >= 11 is 0. The van der Waals surface area contributed by atoms with Crippen LogP contribution in [0.2, 0.25) is 0 Å². The average molecular weight is 511 g/mol. The fourth-order valence-corrected chi connectivity index (χ4v) is 3.42. The lowest BCUT2D eigenvalue weighted by Gasteiger charge is -2.26. The number of benzene rings is 1. The molecule has 1 atom stereocenters. The first-order valence-corrected chi connectivity index (χ1v) is 9.85. The van der Waals surface area contributed by atoms with E-state index < -0.39 is 5.91 Å². The summed E-state index contributed by atoms with van der Waals surface area (Å²) in [5.74, 6) is 1.32. The summed E-state index contributed by atoms with van der Waals surface area (Å²) in [5.41, 5.74) is 6.81. The maximum absolute atomic E-state index is 11.2. The van der Waals surface area contributed by atoms with Gasteiger partial charge in [0, 0.05) is 18.7 Å². The van der Waals surface area contributed by atoms with Crippen molar-refractivity contribution in [3.63, 3.8) is 0 Å². The number of rotatable bonds is 8. The zero-order valence-corrected chi connectivity index (χ0v) is 19.1. The molecule has 1 amide bonds. The highest BCUT2D eigenvalue weighted by molar-refractivity contribution is 14.0. The second kappa shape index (κ2) is 11.8. The van der Waals surface area contributed by atoms with Crippen molar-refractivity contribution in [3.05, 3.63) is 59.5 Å². The minimum Gasteiger partial charge on any atom is -0.468 e. The van der Waals surface area contributed by atoms with Gasteiger partial charge in [-0.05, 0) is 62.7 Å². The van der Waals surface area contributed by atoms with Crippen LogP contribution in [0, 0.1) is 0 Å². The van der Waals surface area contributed by atoms with E-state index in [0.29, 0.717) is 12.1 Å². The fraction of sp³-hybridized carbons (Fsp3) is 0.429. The first kappa shape index (κ1) is 23.2. The van der Waals surface area contributed by atoms with Gasteiger partial charge in [-0.3, -0.25) is 9.69 Å². The fourth-order valence-electron chi connectivity index (χ4n) is 3.42. The van der Waals surface area contributed by atoms with E-state index in [9.17, 15) is 4.79 Å². The van der Waals surface area contributed by atoms with Gasteiger partial charge in [0.15, 0.2) is 5.96 Å². The van der Waals surface area contributed by atoms with Crippen molar-refractivity contribution in [2.24, 2.45) is 10.7 Å². The minimum absolute atomic E-state index is 0. The molecule has 0 spiro atoms. The quantitative estimate of drug-likeness (QED) is 0.288. The second-order valence-corrected chi connectivity index (χ2v) is 6.91. The highest BCUT2D eigenvalue weighted by Crippen LogP contribution is 2.24. The van der Waals surface area contributed by atoms with Crippen LogP contribution in [-0.4, -0.2) is 42.9 Å². The number of primary amides is 1. The first-order chi connectivity index (χ1) is 13.7. The molecule has 2 aromatic rings. The Morgan fingerprint density at radius 1 is 1.21 bits per heavy atom. The summed E-state index contributed by atoms with van der Waals surface area (Å²) in [6, 6.07) is 11.4. The van der Waals surface area contributed by atoms with E-state index in [2.05, 4.69) is 20.5 Å². The first-order valence-electron chi connectivity index (χ1n) is 9.85. The molecule has 2 heterocycles. The molecule has 1 unspecified atom stereocenters. The van der Waals surface area contributed by atoms with Gasteiger partial charge < -0.3 is 20.8 Å². The third kappa shape index (κ3) is 6.74. The molecule has 8 heteroatoms. The molecule has 4 N–H and O–H groups in total. The number of nitrogens with two attached hydrogens (primary N) is 1. The smallest absolute Gasteiger partial charge is 0.248 e. The number of amides is 1. The molecular formula is C21H30IN5O2. The van der Waals surface area contributed by atoms with Gasteiger partial charge in [-0.1, -0.05) is 12.1 Å². The van der Waals surface area contributed by atoms with Gasteiger partial charge in [-0.25, -0.2) is 4.99 Å². The lowest BCUT2D eigenvalue weighted by molar-refractivity contribution is 0.100. The van der Waals surface area contributed by atoms with E-state index >= 15 is 0 Å². The van der Waals surface area contributed by atoms with Crippen LogP contribution in [0.25, 0.3) is 0 Å². The van der Waals surface area contributed by atoms with Crippen LogP contribution >= 0.6 is 24.0 Å². The minimum atomic E-state index is -0.420. The Balaban J connectivity index is 0.00000300. The monoisotopic (exact) mass is 511 g/mol. The number of hydrogen-bond donors (Lipinski definition) is 3. The Labute approximate surface area is 189 Å². The summed E-state index contributed by atoms with van der Waals surface area (Å²) in [5, 5.41) is 6.74. The molecule has 1 aliphatic rings. The molecular weight excluding hydrogens is 481 g/mol. The maximum Gasteiger partial charge on any atom is 0.248 e. The highest BCUT2D eigenvalue weighted by atomic mass is 127. The standard InChI is InChI=1S/C21H29N5O2.HI/c1-2-23-21(24-14-16-7-9-17(10-8-16)20(22)27)25-15-18(19-6-5-13-28-19)26-11-3-4-12-26;/h5-10,13,18H,2-4,11-12,14-15H2,1H3,(H2,22,27)(H2,23,24,25);1H. The molecule has 1 aromatic heterocycles. The Morgan fingerprint density at radius 3 is 2.52 bits per heavy atom. The van der Waals surface area contributed by atoms with Crippen molar-refractivity contribution in [1.82, 2.24) is 15.5 Å². The molecule has 0 radical (unpaired) electrons. The summed E-state index contributed by atoms with van der Waals surface area (Å²) in [4.78, 5) is 18.3. The molecule has 0 aliphatic carbocycles. The van der Waals surface area contributed by atoms with Crippen molar-refractivity contribution in [1.29, 1.82) is 0 Å². The Morgan fingerprint density at radius 2 is 1.93 bits per heavy atom. The molecule has 0 bridgehead atoms. The molecule has 158 valence electrons. The number of carbonyl (C=O) groups is 1. The lowest BCUT2D eigenvalue weighted by Crippen LogP contribution is -2.42. The summed E-state index contributed by atoms with van der Waals surface area (Å²) in [6.07, 6.45) is 4.19. The van der Waals surface area contributed by atoms with Gasteiger partial charge in [-0.2, -0.15) is 0 Å². The second-order valence-electron chi connectivity index (χ2n) is 6.91. The number of hydrogen-bond acceptors (Lipinski definition) is 4. The van der Waals surface area contributed by atoms with E-state index in [0.717, 1.165) is 43.5 Å². The van der Waals surface area contributed by atoms with Crippen LogP contribution in [0.5, 0.6) is 0 Å². The summed E-state index contributed by atoms with van der Waals surface area (Å²) in [7, 11) is 0. The third-order valence-corrected chi connectivity index (χ3v) is 4.92. The molecule has 3 rings (SSSR count). The Kier molecular flexibility index (Phi) is 9.46. The van der Waals surface area contributed by atoms with Crippen LogP contribution in [0.15, 0.2) is 52.1 Å². The molecule has 1 fully saturated rings. The lowest BCUT2D eigenvalue weighted by atomic mass is 10.1. The molecule has 29 heavy (non-hydrogen) atoms. The van der Waals surface area contributed by atoms with Gasteiger partial charge in [0.2, 0.25) is 5.91 Å². The Hall–Kier alpha value is -2.07. The van der Waals surface area contributed by atoms with Gasteiger partial charge in [0.05, 0.1) is 18.8 Å². The van der Waals surface area contributed by atoms with Gasteiger partial charge in [-0.15, -0.1) is 24.0 Å². The zero-order valence-electron chi connectivity index (χ0n) is 16.8. The SMILES string of the molecule is CCNC(=NCc1ccc(C(N)=O)cc1)NCC(c1ccco1)N1CCCC1.I. The van der Waals surface area contributed by atoms with Gasteiger partial charge >= 0.3 is 0 Å². The van der Waals surface area contributed by atoms with E-state index in [-0.39, 0.29) is 30.0 Å². The highest BCUT2D eigenvalue weighted by Gasteiger charge is 2.25.